The zero-order valence-electron chi connectivity index (χ0n) is 18.2. The molecule has 31 heavy (non-hydrogen) atoms. The quantitative estimate of drug-likeness (QED) is 0.681. The van der Waals surface area contributed by atoms with Gasteiger partial charge in [0.05, 0.1) is 18.8 Å². The van der Waals surface area contributed by atoms with E-state index >= 15 is 0 Å². The molecule has 2 aliphatic rings. The van der Waals surface area contributed by atoms with Crippen molar-refractivity contribution in [2.24, 2.45) is 0 Å². The lowest BCUT2D eigenvalue weighted by atomic mass is 9.94. The van der Waals surface area contributed by atoms with Gasteiger partial charge in [-0.1, -0.05) is 30.9 Å². The number of anilines is 1. The summed E-state index contributed by atoms with van der Waals surface area (Å²) in [6.45, 7) is 5.66. The highest BCUT2D eigenvalue weighted by Gasteiger charge is 2.30. The Morgan fingerprint density at radius 1 is 1.16 bits per heavy atom. The predicted molar refractivity (Wildman–Crippen MR) is 123 cm³/mol. The summed E-state index contributed by atoms with van der Waals surface area (Å²) in [4.78, 5) is 33.2. The average molecular weight is 447 g/mol. The van der Waals surface area contributed by atoms with Crippen LogP contribution < -0.4 is 5.32 Å². The average Bonchev–Trinajstić information content (AvgIpc) is 3.16. The number of esters is 1. The van der Waals surface area contributed by atoms with E-state index in [1.165, 1.54) is 39.2 Å². The van der Waals surface area contributed by atoms with Gasteiger partial charge >= 0.3 is 5.97 Å². The summed E-state index contributed by atoms with van der Waals surface area (Å²) in [6.07, 6.45) is 6.63. The van der Waals surface area contributed by atoms with Gasteiger partial charge in [-0.3, -0.25) is 14.6 Å². The summed E-state index contributed by atoms with van der Waals surface area (Å²) in [7, 11) is 1.32. The first-order chi connectivity index (χ1) is 15.0. The monoisotopic (exact) mass is 446 g/mol. The van der Waals surface area contributed by atoms with Crippen LogP contribution in [-0.4, -0.2) is 72.0 Å². The minimum atomic E-state index is -0.531. The number of nitrogens with one attached hydrogen (secondary N) is 2. The maximum absolute atomic E-state index is 13.1. The van der Waals surface area contributed by atoms with Crippen molar-refractivity contribution in [1.29, 1.82) is 0 Å². The minimum absolute atomic E-state index is 0.142. The van der Waals surface area contributed by atoms with Crippen LogP contribution in [0.1, 0.15) is 49.5 Å². The molecule has 2 N–H and O–H groups in total. The standard InChI is InChI=1S/C23H31ClN4O3/c1-15(27-10-12-28(13-11-27)17-6-4-3-5-7-17)22(29)26-20-18-14-16(24)8-9-19(18)25-21(20)23(30)31-2/h8-9,14-15,17,25H,3-7,10-13H2,1-2H3,(H,26,29). The van der Waals surface area contributed by atoms with E-state index in [0.717, 1.165) is 26.2 Å². The Morgan fingerprint density at radius 3 is 2.55 bits per heavy atom. The van der Waals surface area contributed by atoms with E-state index < -0.39 is 5.97 Å². The number of benzene rings is 1. The molecule has 1 aliphatic carbocycles. The first-order valence-corrected chi connectivity index (χ1v) is 11.5. The molecule has 0 bridgehead atoms. The second-order valence-electron chi connectivity index (χ2n) is 8.59. The van der Waals surface area contributed by atoms with Crippen LogP contribution in [0.2, 0.25) is 5.02 Å². The van der Waals surface area contributed by atoms with Gasteiger partial charge in [0.15, 0.2) is 0 Å². The van der Waals surface area contributed by atoms with Crippen molar-refractivity contribution in [3.63, 3.8) is 0 Å². The Kier molecular flexibility index (Phi) is 6.84. The number of carbonyl (C=O) groups is 2. The van der Waals surface area contributed by atoms with Crippen molar-refractivity contribution in [2.45, 2.75) is 51.1 Å². The summed E-state index contributed by atoms with van der Waals surface area (Å²) in [6, 6.07) is 5.67. The Balaban J connectivity index is 1.45. The maximum atomic E-state index is 13.1. The molecule has 1 amide bonds. The van der Waals surface area contributed by atoms with Crippen LogP contribution in [0.15, 0.2) is 18.2 Å². The van der Waals surface area contributed by atoms with E-state index in [-0.39, 0.29) is 17.6 Å². The number of aromatic nitrogens is 1. The van der Waals surface area contributed by atoms with Gasteiger partial charge < -0.3 is 15.0 Å². The van der Waals surface area contributed by atoms with Crippen molar-refractivity contribution in [1.82, 2.24) is 14.8 Å². The number of nitrogens with zero attached hydrogens (tertiary/aromatic N) is 2. The summed E-state index contributed by atoms with van der Waals surface area (Å²) < 4.78 is 4.89. The number of hydrogen-bond acceptors (Lipinski definition) is 5. The van der Waals surface area contributed by atoms with Crippen LogP contribution in [0.5, 0.6) is 0 Å². The van der Waals surface area contributed by atoms with E-state index in [4.69, 9.17) is 16.3 Å². The number of halogens is 1. The molecule has 2 fully saturated rings. The molecule has 8 heteroatoms. The zero-order chi connectivity index (χ0) is 22.0. The topological polar surface area (TPSA) is 77.7 Å². The third kappa shape index (κ3) is 4.73. The lowest BCUT2D eigenvalue weighted by Gasteiger charge is -2.42. The SMILES string of the molecule is COC(=O)c1[nH]c2ccc(Cl)cc2c1NC(=O)C(C)N1CCN(C2CCCCC2)CC1. The number of amides is 1. The second kappa shape index (κ2) is 9.59. The molecule has 1 aromatic heterocycles. The molecule has 7 nitrogen and oxygen atoms in total. The summed E-state index contributed by atoms with van der Waals surface area (Å²) in [5, 5.41) is 4.19. The van der Waals surface area contributed by atoms with Crippen molar-refractivity contribution >= 4 is 40.1 Å². The molecular formula is C23H31ClN4O3. The van der Waals surface area contributed by atoms with Gasteiger partial charge in [0.25, 0.3) is 0 Å². The van der Waals surface area contributed by atoms with Gasteiger partial charge in [-0.05, 0) is 38.0 Å². The first-order valence-electron chi connectivity index (χ1n) is 11.2. The molecule has 1 saturated carbocycles. The van der Waals surface area contributed by atoms with Gasteiger partial charge in [0.1, 0.15) is 5.69 Å². The lowest BCUT2D eigenvalue weighted by molar-refractivity contribution is -0.121. The smallest absolute Gasteiger partial charge is 0.356 e. The Hall–Kier alpha value is -2.09. The van der Waals surface area contributed by atoms with Crippen LogP contribution in [0.3, 0.4) is 0 Å². The number of aromatic amines is 1. The maximum Gasteiger partial charge on any atom is 0.356 e. The van der Waals surface area contributed by atoms with Crippen LogP contribution in [0.25, 0.3) is 10.9 Å². The molecule has 2 aromatic rings. The molecule has 2 heterocycles. The van der Waals surface area contributed by atoms with E-state index in [1.807, 2.05) is 6.92 Å². The third-order valence-electron chi connectivity index (χ3n) is 6.77. The summed E-state index contributed by atoms with van der Waals surface area (Å²) >= 11 is 6.16. The van der Waals surface area contributed by atoms with E-state index in [1.54, 1.807) is 18.2 Å². The van der Waals surface area contributed by atoms with Crippen molar-refractivity contribution in [3.05, 3.63) is 28.9 Å². The first kappa shape index (κ1) is 22.1. The van der Waals surface area contributed by atoms with Crippen LogP contribution in [-0.2, 0) is 9.53 Å². The van der Waals surface area contributed by atoms with Crippen molar-refractivity contribution in [3.8, 4) is 0 Å². The van der Waals surface area contributed by atoms with Gasteiger partial charge in [-0.25, -0.2) is 4.79 Å². The molecule has 168 valence electrons. The number of rotatable bonds is 5. The van der Waals surface area contributed by atoms with Crippen LogP contribution >= 0.6 is 11.6 Å². The van der Waals surface area contributed by atoms with Crippen molar-refractivity contribution < 1.29 is 14.3 Å². The summed E-state index contributed by atoms with van der Waals surface area (Å²) in [5.41, 5.74) is 1.36. The molecular weight excluding hydrogens is 416 g/mol. The highest BCUT2D eigenvalue weighted by molar-refractivity contribution is 6.31. The number of H-pyrrole nitrogens is 1. The van der Waals surface area contributed by atoms with Crippen LogP contribution in [0.4, 0.5) is 5.69 Å². The van der Waals surface area contributed by atoms with Gasteiger partial charge in [-0.2, -0.15) is 0 Å². The molecule has 1 aliphatic heterocycles. The second-order valence-corrected chi connectivity index (χ2v) is 9.02. The predicted octanol–water partition coefficient (Wildman–Crippen LogP) is 3.89. The fourth-order valence-electron chi connectivity index (χ4n) is 4.88. The van der Waals surface area contributed by atoms with Crippen LogP contribution in [0, 0.1) is 0 Å². The lowest BCUT2D eigenvalue weighted by Crippen LogP contribution is -2.55. The normalized spacial score (nSPS) is 20.0. The molecule has 0 spiro atoms. The number of fused-ring (bicyclic) bond motifs is 1. The van der Waals surface area contributed by atoms with Gasteiger partial charge in [0.2, 0.25) is 5.91 Å². The number of carbonyl (C=O) groups excluding carboxylic acids is 2. The van der Waals surface area contributed by atoms with Gasteiger partial charge in [0, 0.05) is 48.1 Å². The van der Waals surface area contributed by atoms with E-state index in [9.17, 15) is 9.59 Å². The molecule has 1 saturated heterocycles. The Morgan fingerprint density at radius 2 is 1.87 bits per heavy atom. The molecule has 1 aromatic carbocycles. The number of piperazine rings is 1. The number of methoxy groups -OCH3 is 1. The minimum Gasteiger partial charge on any atom is -0.464 e. The summed E-state index contributed by atoms with van der Waals surface area (Å²) in [5.74, 6) is -0.673. The molecule has 0 radical (unpaired) electrons. The molecule has 4 rings (SSSR count). The molecule has 1 atom stereocenters. The van der Waals surface area contributed by atoms with E-state index in [2.05, 4.69) is 20.1 Å². The fourth-order valence-corrected chi connectivity index (χ4v) is 5.05. The van der Waals surface area contributed by atoms with E-state index in [0.29, 0.717) is 27.7 Å². The zero-order valence-corrected chi connectivity index (χ0v) is 19.0. The fraction of sp³-hybridized carbons (Fsp3) is 0.565. The largest absolute Gasteiger partial charge is 0.464 e. The highest BCUT2D eigenvalue weighted by atomic mass is 35.5. The highest BCUT2D eigenvalue weighted by Crippen LogP contribution is 2.31. The Labute approximate surface area is 188 Å². The third-order valence-corrected chi connectivity index (χ3v) is 7.00. The van der Waals surface area contributed by atoms with Gasteiger partial charge in [-0.15, -0.1) is 0 Å². The molecule has 1 unspecified atom stereocenters. The number of hydrogen-bond donors (Lipinski definition) is 2. The number of ether oxygens (including phenoxy) is 1. The Bertz CT molecular complexity index is 946. The van der Waals surface area contributed by atoms with Crippen molar-refractivity contribution in [2.75, 3.05) is 38.6 Å².